The number of thiophene rings is 1. The molecule has 24 heavy (non-hydrogen) atoms. The van der Waals surface area contributed by atoms with E-state index in [1.165, 1.54) is 0 Å². The van der Waals surface area contributed by atoms with Gasteiger partial charge in [0.15, 0.2) is 5.82 Å². The van der Waals surface area contributed by atoms with Crippen molar-refractivity contribution in [2.45, 2.75) is 45.2 Å². The molecule has 3 rings (SSSR count). The fraction of sp³-hybridized carbons (Fsp3) is 0.588. The molecule has 1 saturated heterocycles. The summed E-state index contributed by atoms with van der Waals surface area (Å²) in [5.41, 5.74) is 0. The fourth-order valence-corrected chi connectivity index (χ4v) is 3.90. The van der Waals surface area contributed by atoms with E-state index < -0.39 is 0 Å². The highest BCUT2D eigenvalue weighted by Crippen LogP contribution is 2.19. The zero-order chi connectivity index (χ0) is 16.9. The van der Waals surface area contributed by atoms with Crippen molar-refractivity contribution in [1.82, 2.24) is 19.9 Å². The average molecular weight is 348 g/mol. The Morgan fingerprint density at radius 1 is 1.46 bits per heavy atom. The van der Waals surface area contributed by atoms with E-state index in [9.17, 15) is 4.79 Å². The Kier molecular flexibility index (Phi) is 5.63. The van der Waals surface area contributed by atoms with Crippen LogP contribution in [0.4, 0.5) is 0 Å². The predicted octanol–water partition coefficient (Wildman–Crippen LogP) is 2.50. The second-order valence-electron chi connectivity index (χ2n) is 6.37. The summed E-state index contributed by atoms with van der Waals surface area (Å²) in [7, 11) is 2.10. The summed E-state index contributed by atoms with van der Waals surface area (Å²) in [6.45, 7) is 4.17. The van der Waals surface area contributed by atoms with E-state index in [2.05, 4.69) is 22.1 Å². The number of aryl methyl sites for hydroxylation is 1. The first-order chi connectivity index (χ1) is 11.6. The maximum atomic E-state index is 12.5. The van der Waals surface area contributed by atoms with Crippen molar-refractivity contribution in [2.24, 2.45) is 0 Å². The summed E-state index contributed by atoms with van der Waals surface area (Å²) in [5.74, 6) is 1.57. The SMILES string of the molecule is Cc1nc(CN(C)[C@@H]2CCCN(C(=O)Cc3cccs3)CC2)no1. The number of hydrogen-bond donors (Lipinski definition) is 0. The first-order valence-corrected chi connectivity index (χ1v) is 9.29. The Bertz CT molecular complexity index is 655. The van der Waals surface area contributed by atoms with Gasteiger partial charge in [-0.25, -0.2) is 0 Å². The van der Waals surface area contributed by atoms with E-state index in [1.807, 2.05) is 22.4 Å². The molecule has 0 unspecified atom stereocenters. The van der Waals surface area contributed by atoms with Crippen LogP contribution in [0.25, 0.3) is 0 Å². The highest BCUT2D eigenvalue weighted by atomic mass is 32.1. The molecule has 7 heteroatoms. The summed E-state index contributed by atoms with van der Waals surface area (Å²) < 4.78 is 5.04. The van der Waals surface area contributed by atoms with Gasteiger partial charge in [0.05, 0.1) is 13.0 Å². The zero-order valence-corrected chi connectivity index (χ0v) is 15.1. The lowest BCUT2D eigenvalue weighted by molar-refractivity contribution is -0.130. The Balaban J connectivity index is 1.51. The average Bonchev–Trinajstić information content (AvgIpc) is 3.12. The normalized spacial score (nSPS) is 18.8. The van der Waals surface area contributed by atoms with Gasteiger partial charge in [0.25, 0.3) is 0 Å². The van der Waals surface area contributed by atoms with Gasteiger partial charge in [0, 0.05) is 30.9 Å². The topological polar surface area (TPSA) is 62.5 Å². The summed E-state index contributed by atoms with van der Waals surface area (Å²) in [4.78, 5) is 22.2. The van der Waals surface area contributed by atoms with Gasteiger partial charge in [-0.05, 0) is 37.8 Å². The molecule has 1 aliphatic heterocycles. The number of likely N-dealkylation sites (tertiary alicyclic amines) is 1. The van der Waals surface area contributed by atoms with Crippen LogP contribution >= 0.6 is 11.3 Å². The molecule has 2 aromatic rings. The third-order valence-corrected chi connectivity index (χ3v) is 5.42. The Labute approximate surface area is 146 Å². The predicted molar refractivity (Wildman–Crippen MR) is 92.7 cm³/mol. The van der Waals surface area contributed by atoms with Crippen molar-refractivity contribution in [2.75, 3.05) is 20.1 Å². The third kappa shape index (κ3) is 4.42. The number of carbonyl (C=O) groups is 1. The minimum absolute atomic E-state index is 0.245. The molecule has 1 amide bonds. The molecule has 2 aromatic heterocycles. The first kappa shape index (κ1) is 17.1. The van der Waals surface area contributed by atoms with Crippen LogP contribution in [0.3, 0.4) is 0 Å². The van der Waals surface area contributed by atoms with Gasteiger partial charge in [-0.1, -0.05) is 11.2 Å². The van der Waals surface area contributed by atoms with Crippen molar-refractivity contribution in [3.05, 3.63) is 34.1 Å². The molecule has 6 nitrogen and oxygen atoms in total. The molecule has 0 aromatic carbocycles. The molecule has 1 fully saturated rings. The number of carbonyl (C=O) groups excluding carboxylic acids is 1. The van der Waals surface area contributed by atoms with Gasteiger partial charge < -0.3 is 9.42 Å². The molecule has 0 radical (unpaired) electrons. The standard InChI is InChI=1S/C17H24N4O2S/c1-13-18-16(19-23-13)12-20(2)14-5-3-8-21(9-7-14)17(22)11-15-6-4-10-24-15/h4,6,10,14H,3,5,7-9,11-12H2,1-2H3/t14-/m1/s1. The Morgan fingerprint density at radius 3 is 3.04 bits per heavy atom. The number of aromatic nitrogens is 2. The summed E-state index contributed by atoms with van der Waals surface area (Å²) in [6, 6.07) is 4.48. The van der Waals surface area contributed by atoms with Crippen molar-refractivity contribution >= 4 is 17.2 Å². The van der Waals surface area contributed by atoms with Crippen LogP contribution in [0.15, 0.2) is 22.0 Å². The monoisotopic (exact) mass is 348 g/mol. The van der Waals surface area contributed by atoms with E-state index in [0.717, 1.165) is 43.1 Å². The Morgan fingerprint density at radius 2 is 2.33 bits per heavy atom. The van der Waals surface area contributed by atoms with E-state index in [0.29, 0.717) is 24.9 Å². The lowest BCUT2D eigenvalue weighted by Gasteiger charge is -2.26. The Hall–Kier alpha value is -1.73. The lowest BCUT2D eigenvalue weighted by atomic mass is 10.1. The molecular weight excluding hydrogens is 324 g/mol. The fourth-order valence-electron chi connectivity index (χ4n) is 3.20. The van der Waals surface area contributed by atoms with Gasteiger partial charge in [0.2, 0.25) is 11.8 Å². The molecular formula is C17H24N4O2S. The second kappa shape index (κ2) is 7.90. The molecule has 0 spiro atoms. The highest BCUT2D eigenvalue weighted by Gasteiger charge is 2.24. The minimum Gasteiger partial charge on any atom is -0.342 e. The highest BCUT2D eigenvalue weighted by molar-refractivity contribution is 7.10. The molecule has 3 heterocycles. The largest absolute Gasteiger partial charge is 0.342 e. The van der Waals surface area contributed by atoms with Crippen LogP contribution in [0.2, 0.25) is 0 Å². The third-order valence-electron chi connectivity index (χ3n) is 4.54. The number of nitrogens with zero attached hydrogens (tertiary/aromatic N) is 4. The summed E-state index contributed by atoms with van der Waals surface area (Å²) in [5, 5.41) is 5.99. The van der Waals surface area contributed by atoms with E-state index in [1.54, 1.807) is 18.3 Å². The smallest absolute Gasteiger partial charge is 0.227 e. The van der Waals surface area contributed by atoms with Crippen molar-refractivity contribution in [1.29, 1.82) is 0 Å². The van der Waals surface area contributed by atoms with E-state index >= 15 is 0 Å². The zero-order valence-electron chi connectivity index (χ0n) is 14.3. The van der Waals surface area contributed by atoms with Crippen LogP contribution in [-0.4, -0.2) is 52.0 Å². The molecule has 0 bridgehead atoms. The van der Waals surface area contributed by atoms with Gasteiger partial charge >= 0.3 is 0 Å². The van der Waals surface area contributed by atoms with Crippen LogP contribution in [0.1, 0.15) is 35.9 Å². The van der Waals surface area contributed by atoms with Crippen LogP contribution in [-0.2, 0) is 17.8 Å². The number of rotatable bonds is 5. The molecule has 0 saturated carbocycles. The van der Waals surface area contributed by atoms with Crippen LogP contribution in [0.5, 0.6) is 0 Å². The van der Waals surface area contributed by atoms with Gasteiger partial charge in [-0.15, -0.1) is 11.3 Å². The lowest BCUT2D eigenvalue weighted by Crippen LogP contribution is -2.35. The first-order valence-electron chi connectivity index (χ1n) is 8.41. The van der Waals surface area contributed by atoms with Crippen LogP contribution in [0, 0.1) is 6.92 Å². The molecule has 0 N–H and O–H groups in total. The molecule has 0 aliphatic carbocycles. The minimum atomic E-state index is 0.245. The number of hydrogen-bond acceptors (Lipinski definition) is 6. The van der Waals surface area contributed by atoms with Gasteiger partial charge in [-0.2, -0.15) is 4.98 Å². The molecule has 1 aliphatic rings. The molecule has 1 atom stereocenters. The second-order valence-corrected chi connectivity index (χ2v) is 7.40. The maximum Gasteiger partial charge on any atom is 0.227 e. The maximum absolute atomic E-state index is 12.5. The van der Waals surface area contributed by atoms with Gasteiger partial charge in [0.1, 0.15) is 0 Å². The van der Waals surface area contributed by atoms with E-state index in [-0.39, 0.29) is 5.91 Å². The number of amides is 1. The van der Waals surface area contributed by atoms with Crippen molar-refractivity contribution in [3.8, 4) is 0 Å². The molecule has 130 valence electrons. The quantitative estimate of drug-likeness (QED) is 0.831. The summed E-state index contributed by atoms with van der Waals surface area (Å²) in [6.07, 6.45) is 3.65. The summed E-state index contributed by atoms with van der Waals surface area (Å²) >= 11 is 1.65. The van der Waals surface area contributed by atoms with Crippen molar-refractivity contribution in [3.63, 3.8) is 0 Å². The van der Waals surface area contributed by atoms with E-state index in [4.69, 9.17) is 4.52 Å². The van der Waals surface area contributed by atoms with Gasteiger partial charge in [-0.3, -0.25) is 9.69 Å². The van der Waals surface area contributed by atoms with Crippen LogP contribution < -0.4 is 0 Å². The van der Waals surface area contributed by atoms with Crippen molar-refractivity contribution < 1.29 is 9.32 Å².